The minimum Gasteiger partial charge on any atom is -0.494 e. The first kappa shape index (κ1) is 16.7. The molecule has 2 rings (SSSR count). The molecular formula is C17H22N4O2. The van der Waals surface area contributed by atoms with E-state index in [1.54, 1.807) is 24.4 Å². The van der Waals surface area contributed by atoms with Crippen LogP contribution in [0.25, 0.3) is 0 Å². The maximum absolute atomic E-state index is 12.3. The van der Waals surface area contributed by atoms with Crippen molar-refractivity contribution in [2.45, 2.75) is 20.8 Å². The van der Waals surface area contributed by atoms with Gasteiger partial charge in [-0.3, -0.25) is 4.79 Å². The average molecular weight is 314 g/mol. The summed E-state index contributed by atoms with van der Waals surface area (Å²) >= 11 is 0. The van der Waals surface area contributed by atoms with Crippen molar-refractivity contribution >= 4 is 17.5 Å². The Labute approximate surface area is 136 Å². The van der Waals surface area contributed by atoms with E-state index in [2.05, 4.69) is 34.4 Å². The first-order valence-electron chi connectivity index (χ1n) is 7.69. The summed E-state index contributed by atoms with van der Waals surface area (Å²) in [5.41, 5.74) is 1.01. The van der Waals surface area contributed by atoms with Crippen molar-refractivity contribution in [1.29, 1.82) is 0 Å². The Morgan fingerprint density at radius 1 is 1.22 bits per heavy atom. The van der Waals surface area contributed by atoms with Crippen LogP contribution < -0.4 is 15.4 Å². The lowest BCUT2D eigenvalue weighted by Crippen LogP contribution is -2.16. The topological polar surface area (TPSA) is 76.1 Å². The maximum Gasteiger partial charge on any atom is 0.274 e. The van der Waals surface area contributed by atoms with Crippen LogP contribution in [0, 0.1) is 5.92 Å². The van der Waals surface area contributed by atoms with Gasteiger partial charge in [-0.25, -0.2) is 9.97 Å². The van der Waals surface area contributed by atoms with E-state index in [9.17, 15) is 4.79 Å². The molecule has 0 aliphatic heterocycles. The number of nitrogens with zero attached hydrogens (tertiary/aromatic N) is 2. The Kier molecular flexibility index (Phi) is 5.91. The zero-order chi connectivity index (χ0) is 16.7. The zero-order valence-electron chi connectivity index (χ0n) is 13.7. The number of ether oxygens (including phenoxy) is 1. The standard InChI is InChI=1S/C17H22N4O2/c1-4-23-14-7-5-13(6-8-14)20-16(22)15-9-10-18-17(21-15)19-11-12(2)3/h5-10,12H,4,11H2,1-3H3,(H,20,22)(H,18,19,21). The number of anilines is 2. The van der Waals surface area contributed by atoms with Crippen molar-refractivity contribution in [3.8, 4) is 5.75 Å². The number of carbonyl (C=O) groups is 1. The Balaban J connectivity index is 2.01. The molecule has 0 spiro atoms. The third kappa shape index (κ3) is 5.25. The summed E-state index contributed by atoms with van der Waals surface area (Å²) in [4.78, 5) is 20.6. The van der Waals surface area contributed by atoms with Crippen molar-refractivity contribution in [1.82, 2.24) is 9.97 Å². The van der Waals surface area contributed by atoms with Gasteiger partial charge < -0.3 is 15.4 Å². The van der Waals surface area contributed by atoms with Gasteiger partial charge >= 0.3 is 0 Å². The molecule has 0 saturated carbocycles. The minimum absolute atomic E-state index is 0.274. The van der Waals surface area contributed by atoms with Gasteiger partial charge in [0.05, 0.1) is 6.61 Å². The van der Waals surface area contributed by atoms with E-state index in [1.807, 2.05) is 19.1 Å². The van der Waals surface area contributed by atoms with Gasteiger partial charge in [0.2, 0.25) is 5.95 Å². The van der Waals surface area contributed by atoms with E-state index in [0.717, 1.165) is 12.3 Å². The summed E-state index contributed by atoms with van der Waals surface area (Å²) in [5.74, 6) is 1.43. The van der Waals surface area contributed by atoms with E-state index >= 15 is 0 Å². The Morgan fingerprint density at radius 2 is 1.96 bits per heavy atom. The predicted molar refractivity (Wildman–Crippen MR) is 90.9 cm³/mol. The average Bonchev–Trinajstić information content (AvgIpc) is 2.55. The van der Waals surface area contributed by atoms with Crippen LogP contribution in [0.4, 0.5) is 11.6 Å². The van der Waals surface area contributed by atoms with E-state index in [0.29, 0.717) is 29.9 Å². The van der Waals surface area contributed by atoms with Crippen LogP contribution in [0.5, 0.6) is 5.75 Å². The molecule has 6 nitrogen and oxygen atoms in total. The number of nitrogens with one attached hydrogen (secondary N) is 2. The van der Waals surface area contributed by atoms with Crippen LogP contribution in [-0.2, 0) is 0 Å². The van der Waals surface area contributed by atoms with Crippen molar-refractivity contribution < 1.29 is 9.53 Å². The molecule has 1 aromatic heterocycles. The smallest absolute Gasteiger partial charge is 0.274 e. The Hall–Kier alpha value is -2.63. The molecule has 0 saturated heterocycles. The molecule has 0 bridgehead atoms. The van der Waals surface area contributed by atoms with Crippen LogP contribution in [0.3, 0.4) is 0 Å². The van der Waals surface area contributed by atoms with Crippen molar-refractivity contribution in [3.05, 3.63) is 42.2 Å². The lowest BCUT2D eigenvalue weighted by Gasteiger charge is -2.09. The summed E-state index contributed by atoms with van der Waals surface area (Å²) in [6.45, 7) is 7.48. The fourth-order valence-electron chi connectivity index (χ4n) is 1.86. The second-order valence-electron chi connectivity index (χ2n) is 5.45. The molecule has 0 aliphatic carbocycles. The van der Waals surface area contributed by atoms with Gasteiger partial charge in [-0.1, -0.05) is 13.8 Å². The molecule has 0 atom stereocenters. The van der Waals surface area contributed by atoms with Gasteiger partial charge in [0.15, 0.2) is 0 Å². The highest BCUT2D eigenvalue weighted by Crippen LogP contribution is 2.16. The Bertz CT molecular complexity index is 641. The molecule has 23 heavy (non-hydrogen) atoms. The van der Waals surface area contributed by atoms with Gasteiger partial charge in [-0.05, 0) is 43.2 Å². The quantitative estimate of drug-likeness (QED) is 0.821. The van der Waals surface area contributed by atoms with Gasteiger partial charge in [0.1, 0.15) is 11.4 Å². The number of amides is 1. The molecule has 2 N–H and O–H groups in total. The highest BCUT2D eigenvalue weighted by atomic mass is 16.5. The van der Waals surface area contributed by atoms with Crippen molar-refractivity contribution in [3.63, 3.8) is 0 Å². The van der Waals surface area contributed by atoms with Crippen molar-refractivity contribution in [2.24, 2.45) is 5.92 Å². The van der Waals surface area contributed by atoms with Crippen LogP contribution in [0.15, 0.2) is 36.5 Å². The second kappa shape index (κ2) is 8.12. The highest BCUT2D eigenvalue weighted by molar-refractivity contribution is 6.02. The van der Waals surface area contributed by atoms with E-state index in [4.69, 9.17) is 4.74 Å². The molecule has 122 valence electrons. The molecule has 1 amide bonds. The molecule has 1 heterocycles. The van der Waals surface area contributed by atoms with Crippen LogP contribution in [0.1, 0.15) is 31.3 Å². The summed E-state index contributed by atoms with van der Waals surface area (Å²) in [6.07, 6.45) is 1.57. The molecule has 0 radical (unpaired) electrons. The fraction of sp³-hybridized carbons (Fsp3) is 0.353. The molecular weight excluding hydrogens is 292 g/mol. The summed E-state index contributed by atoms with van der Waals surface area (Å²) in [7, 11) is 0. The highest BCUT2D eigenvalue weighted by Gasteiger charge is 2.09. The number of benzene rings is 1. The first-order valence-corrected chi connectivity index (χ1v) is 7.69. The fourth-order valence-corrected chi connectivity index (χ4v) is 1.86. The third-order valence-corrected chi connectivity index (χ3v) is 2.98. The monoisotopic (exact) mass is 314 g/mol. The number of hydrogen-bond donors (Lipinski definition) is 2. The van der Waals surface area contributed by atoms with Crippen molar-refractivity contribution in [2.75, 3.05) is 23.8 Å². The van der Waals surface area contributed by atoms with Gasteiger partial charge in [0, 0.05) is 18.4 Å². The number of carbonyl (C=O) groups excluding carboxylic acids is 1. The first-order chi connectivity index (χ1) is 11.1. The van der Waals surface area contributed by atoms with Gasteiger partial charge in [-0.15, -0.1) is 0 Å². The van der Waals surface area contributed by atoms with Crippen LogP contribution in [0.2, 0.25) is 0 Å². The molecule has 0 unspecified atom stereocenters. The van der Waals surface area contributed by atoms with Crippen LogP contribution >= 0.6 is 0 Å². The summed E-state index contributed by atoms with van der Waals surface area (Å²) in [5, 5.41) is 5.91. The lowest BCUT2D eigenvalue weighted by molar-refractivity contribution is 0.102. The number of aromatic nitrogens is 2. The lowest BCUT2D eigenvalue weighted by atomic mass is 10.2. The van der Waals surface area contributed by atoms with Crippen LogP contribution in [-0.4, -0.2) is 29.0 Å². The molecule has 0 aliphatic rings. The third-order valence-electron chi connectivity index (χ3n) is 2.98. The normalized spacial score (nSPS) is 10.4. The largest absolute Gasteiger partial charge is 0.494 e. The predicted octanol–water partition coefficient (Wildman–Crippen LogP) is 3.20. The summed E-state index contributed by atoms with van der Waals surface area (Å²) < 4.78 is 5.37. The minimum atomic E-state index is -0.274. The molecule has 6 heteroatoms. The maximum atomic E-state index is 12.3. The van der Waals surface area contributed by atoms with E-state index < -0.39 is 0 Å². The zero-order valence-corrected chi connectivity index (χ0v) is 13.7. The van der Waals surface area contributed by atoms with Gasteiger partial charge in [0.25, 0.3) is 5.91 Å². The second-order valence-corrected chi connectivity index (χ2v) is 5.45. The molecule has 0 fully saturated rings. The Morgan fingerprint density at radius 3 is 2.61 bits per heavy atom. The number of rotatable bonds is 7. The summed E-state index contributed by atoms with van der Waals surface area (Å²) in [6, 6.07) is 8.80. The molecule has 1 aromatic carbocycles. The SMILES string of the molecule is CCOc1ccc(NC(=O)c2ccnc(NCC(C)C)n2)cc1. The number of hydrogen-bond acceptors (Lipinski definition) is 5. The van der Waals surface area contributed by atoms with Gasteiger partial charge in [-0.2, -0.15) is 0 Å². The molecule has 2 aromatic rings. The van der Waals surface area contributed by atoms with E-state index in [1.165, 1.54) is 0 Å². The van der Waals surface area contributed by atoms with E-state index in [-0.39, 0.29) is 5.91 Å².